The molecule has 1 amide bonds. The van der Waals surface area contributed by atoms with E-state index in [1.54, 1.807) is 7.11 Å². The summed E-state index contributed by atoms with van der Waals surface area (Å²) < 4.78 is 5.72. The Kier molecular flexibility index (Phi) is 7.40. The Hall–Kier alpha value is -0.610. The zero-order chi connectivity index (χ0) is 18.9. The van der Waals surface area contributed by atoms with E-state index in [0.29, 0.717) is 18.6 Å². The first kappa shape index (κ1) is 22.7. The number of methoxy groups -OCH3 is 1. The molecule has 0 aromatic rings. The minimum atomic E-state index is -0.0862. The number of nitrogens with zero attached hydrogens (tertiary/aromatic N) is 3. The van der Waals surface area contributed by atoms with Crippen molar-refractivity contribution in [1.29, 1.82) is 0 Å². The number of halogens is 1. The van der Waals surface area contributed by atoms with Crippen molar-refractivity contribution in [3.05, 3.63) is 0 Å². The van der Waals surface area contributed by atoms with Crippen molar-refractivity contribution in [2.45, 2.75) is 57.7 Å². The summed E-state index contributed by atoms with van der Waals surface area (Å²) in [4.78, 5) is 21.0. The molecule has 3 aliphatic rings. The molecule has 2 aliphatic carbocycles. The number of aliphatic imine (C=N–C) groups is 1. The van der Waals surface area contributed by atoms with Gasteiger partial charge < -0.3 is 20.3 Å². The first-order valence-electron chi connectivity index (χ1n) is 9.84. The molecule has 3 rings (SSSR count). The van der Waals surface area contributed by atoms with Gasteiger partial charge in [-0.1, -0.05) is 13.8 Å². The number of hydrogen-bond donors (Lipinski definition) is 2. The van der Waals surface area contributed by atoms with Crippen LogP contribution in [0.15, 0.2) is 4.99 Å². The Morgan fingerprint density at radius 2 is 1.78 bits per heavy atom. The molecule has 7 nitrogen and oxygen atoms in total. The number of hydrogen-bond acceptors (Lipinski definition) is 4. The number of nitrogens with one attached hydrogen (secondary N) is 2. The number of guanidine groups is 1. The van der Waals surface area contributed by atoms with E-state index in [-0.39, 0.29) is 40.9 Å². The summed E-state index contributed by atoms with van der Waals surface area (Å²) >= 11 is 0. The zero-order valence-corrected chi connectivity index (χ0v) is 19.7. The second kappa shape index (κ2) is 8.82. The average Bonchev–Trinajstić information content (AvgIpc) is 3.42. The van der Waals surface area contributed by atoms with Crippen LogP contribution in [0.2, 0.25) is 0 Å². The summed E-state index contributed by atoms with van der Waals surface area (Å²) in [5.74, 6) is 1.13. The van der Waals surface area contributed by atoms with E-state index >= 15 is 0 Å². The van der Waals surface area contributed by atoms with Crippen LogP contribution in [0.25, 0.3) is 0 Å². The lowest BCUT2D eigenvalue weighted by molar-refractivity contribution is -0.177. The number of carbonyl (C=O) groups excluding carboxylic acids is 1. The summed E-state index contributed by atoms with van der Waals surface area (Å²) in [7, 11) is 3.64. The van der Waals surface area contributed by atoms with Crippen LogP contribution >= 0.6 is 24.0 Å². The molecule has 27 heavy (non-hydrogen) atoms. The molecule has 1 aliphatic heterocycles. The second-order valence-corrected chi connectivity index (χ2v) is 8.71. The van der Waals surface area contributed by atoms with Crippen molar-refractivity contribution in [2.24, 2.45) is 10.4 Å². The maximum Gasteiger partial charge on any atom is 0.234 e. The van der Waals surface area contributed by atoms with Gasteiger partial charge in [0.05, 0.1) is 12.1 Å². The van der Waals surface area contributed by atoms with E-state index in [1.165, 1.54) is 0 Å². The molecule has 2 unspecified atom stereocenters. The van der Waals surface area contributed by atoms with Gasteiger partial charge in [0.1, 0.15) is 0 Å². The molecule has 1 heterocycles. The summed E-state index contributed by atoms with van der Waals surface area (Å²) in [6.45, 7) is 10.8. The van der Waals surface area contributed by atoms with Crippen molar-refractivity contribution in [3.63, 3.8) is 0 Å². The Morgan fingerprint density at radius 3 is 2.26 bits per heavy atom. The van der Waals surface area contributed by atoms with Gasteiger partial charge in [-0.3, -0.25) is 14.7 Å². The number of ether oxygens (including phenoxy) is 1. The van der Waals surface area contributed by atoms with E-state index < -0.39 is 0 Å². The molecule has 2 N–H and O–H groups in total. The van der Waals surface area contributed by atoms with Crippen molar-refractivity contribution in [1.82, 2.24) is 20.4 Å². The summed E-state index contributed by atoms with van der Waals surface area (Å²) in [6, 6.07) is 0.795. The fourth-order valence-electron chi connectivity index (χ4n) is 4.00. The number of piperazine rings is 1. The molecule has 0 bridgehead atoms. The van der Waals surface area contributed by atoms with Gasteiger partial charge in [0, 0.05) is 57.8 Å². The fourth-order valence-corrected chi connectivity index (χ4v) is 4.00. The topological polar surface area (TPSA) is 69.2 Å². The van der Waals surface area contributed by atoms with Crippen LogP contribution in [0.1, 0.15) is 40.0 Å². The highest BCUT2D eigenvalue weighted by Gasteiger charge is 2.58. The lowest BCUT2D eigenvalue weighted by atomic mass is 9.56. The highest BCUT2D eigenvalue weighted by atomic mass is 127. The third kappa shape index (κ3) is 4.87. The molecule has 2 saturated carbocycles. The maximum absolute atomic E-state index is 12.0. The number of rotatable bonds is 5. The number of amides is 1. The first-order valence-corrected chi connectivity index (χ1v) is 9.84. The highest BCUT2D eigenvalue weighted by Crippen LogP contribution is 2.51. The quantitative estimate of drug-likeness (QED) is 0.343. The minimum absolute atomic E-state index is 0. The second-order valence-electron chi connectivity index (χ2n) is 8.71. The van der Waals surface area contributed by atoms with Gasteiger partial charge in [0.15, 0.2) is 5.96 Å². The summed E-state index contributed by atoms with van der Waals surface area (Å²) in [6.07, 6.45) is 3.26. The predicted molar refractivity (Wildman–Crippen MR) is 119 cm³/mol. The fraction of sp³-hybridized carbons (Fsp3) is 0.895. The summed E-state index contributed by atoms with van der Waals surface area (Å²) in [5.41, 5.74) is -0.0302. The monoisotopic (exact) mass is 493 g/mol. The normalized spacial score (nSPS) is 30.9. The average molecular weight is 493 g/mol. The molecule has 0 radical (unpaired) electrons. The van der Waals surface area contributed by atoms with Crippen molar-refractivity contribution < 1.29 is 9.53 Å². The molecule has 8 heteroatoms. The molecular formula is C19H36IN5O2. The summed E-state index contributed by atoms with van der Waals surface area (Å²) in [5, 5.41) is 6.71. The largest absolute Gasteiger partial charge is 0.378 e. The van der Waals surface area contributed by atoms with Gasteiger partial charge in [-0.25, -0.2) is 0 Å². The Labute approximate surface area is 180 Å². The minimum Gasteiger partial charge on any atom is -0.378 e. The van der Waals surface area contributed by atoms with E-state index in [0.717, 1.165) is 51.4 Å². The Balaban J connectivity index is 0.00000261. The van der Waals surface area contributed by atoms with Gasteiger partial charge in [0.25, 0.3) is 0 Å². The molecule has 0 spiro atoms. The SMILES string of the molecule is CN=C(NC1CC(C)(OC)C1(C)C)N1CCN(CC(=O)NC2CC2)CC1.I. The lowest BCUT2D eigenvalue weighted by Crippen LogP contribution is -2.70. The highest BCUT2D eigenvalue weighted by molar-refractivity contribution is 14.0. The smallest absolute Gasteiger partial charge is 0.234 e. The van der Waals surface area contributed by atoms with E-state index in [1.807, 2.05) is 7.05 Å². The Bertz CT molecular complexity index is 558. The lowest BCUT2D eigenvalue weighted by Gasteiger charge is -2.59. The van der Waals surface area contributed by atoms with Gasteiger partial charge in [-0.05, 0) is 26.2 Å². The first-order chi connectivity index (χ1) is 12.3. The number of carbonyl (C=O) groups is 1. The van der Waals surface area contributed by atoms with Crippen LogP contribution in [-0.2, 0) is 9.53 Å². The van der Waals surface area contributed by atoms with Crippen molar-refractivity contribution in [3.8, 4) is 0 Å². The van der Waals surface area contributed by atoms with Crippen LogP contribution in [-0.4, -0.2) is 86.2 Å². The molecule has 0 aromatic heterocycles. The van der Waals surface area contributed by atoms with Gasteiger partial charge >= 0.3 is 0 Å². The van der Waals surface area contributed by atoms with Gasteiger partial charge in [-0.2, -0.15) is 0 Å². The molecular weight excluding hydrogens is 457 g/mol. The van der Waals surface area contributed by atoms with Gasteiger partial charge in [0.2, 0.25) is 5.91 Å². The third-order valence-corrected chi connectivity index (χ3v) is 6.77. The van der Waals surface area contributed by atoms with Crippen molar-refractivity contribution >= 4 is 35.8 Å². The van der Waals surface area contributed by atoms with Crippen LogP contribution in [0.3, 0.4) is 0 Å². The van der Waals surface area contributed by atoms with Crippen LogP contribution in [0.5, 0.6) is 0 Å². The predicted octanol–water partition coefficient (Wildman–Crippen LogP) is 1.28. The Morgan fingerprint density at radius 1 is 1.15 bits per heavy atom. The molecule has 156 valence electrons. The van der Waals surface area contributed by atoms with E-state index in [9.17, 15) is 4.79 Å². The van der Waals surface area contributed by atoms with Crippen LogP contribution < -0.4 is 10.6 Å². The molecule has 0 aromatic carbocycles. The molecule has 1 saturated heterocycles. The van der Waals surface area contributed by atoms with Crippen LogP contribution in [0.4, 0.5) is 0 Å². The molecule has 3 fully saturated rings. The van der Waals surface area contributed by atoms with E-state index in [2.05, 4.69) is 46.2 Å². The van der Waals surface area contributed by atoms with Crippen molar-refractivity contribution in [2.75, 3.05) is 46.9 Å². The maximum atomic E-state index is 12.0. The molecule has 2 atom stereocenters. The standard InChI is InChI=1S/C19H35N5O2.HI/c1-18(2)15(12-19(18,3)26-5)22-17(20-4)24-10-8-23(9-11-24)13-16(25)21-14-6-7-14;/h14-15H,6-13H2,1-5H3,(H,20,22)(H,21,25);1H. The zero-order valence-electron chi connectivity index (χ0n) is 17.4. The van der Waals surface area contributed by atoms with Gasteiger partial charge in [-0.15, -0.1) is 24.0 Å². The van der Waals surface area contributed by atoms with Crippen LogP contribution in [0, 0.1) is 5.41 Å². The third-order valence-electron chi connectivity index (χ3n) is 6.77. The van der Waals surface area contributed by atoms with E-state index in [4.69, 9.17) is 4.74 Å².